The van der Waals surface area contributed by atoms with Gasteiger partial charge in [0.15, 0.2) is 0 Å². The highest BCUT2D eigenvalue weighted by atomic mass is 32.1. The maximum atomic E-state index is 10.8. The van der Waals surface area contributed by atoms with Crippen molar-refractivity contribution in [1.82, 2.24) is 0 Å². The second-order valence-electron chi connectivity index (χ2n) is 4.58. The summed E-state index contributed by atoms with van der Waals surface area (Å²) in [5.74, 6) is 1.25. The Morgan fingerprint density at radius 3 is 2.00 bits per heavy atom. The summed E-state index contributed by atoms with van der Waals surface area (Å²) in [7, 11) is 0. The van der Waals surface area contributed by atoms with Crippen LogP contribution in [0.3, 0.4) is 0 Å². The van der Waals surface area contributed by atoms with Gasteiger partial charge in [0.05, 0.1) is 0 Å². The molecule has 0 amide bonds. The minimum Gasteiger partial charge on any atom is -0.300 e. The van der Waals surface area contributed by atoms with Crippen molar-refractivity contribution in [2.24, 2.45) is 0 Å². The van der Waals surface area contributed by atoms with Crippen molar-refractivity contribution in [3.8, 4) is 0 Å². The number of carbonyl (C=O) groups excluding carboxylic acids is 1. The lowest BCUT2D eigenvalue weighted by molar-refractivity contribution is -0.116. The maximum absolute atomic E-state index is 10.8. The first kappa shape index (κ1) is 15.8. The average Bonchev–Trinajstić information content (AvgIpc) is 2.21. The summed E-state index contributed by atoms with van der Waals surface area (Å²) in [6, 6.07) is 0. The van der Waals surface area contributed by atoms with E-state index < -0.39 is 0 Å². The van der Waals surface area contributed by atoms with Gasteiger partial charge < -0.3 is 0 Å². The number of hydrogen-bond acceptors (Lipinski definition) is 2. The molecular weight excluding hydrogens is 216 g/mol. The molecule has 0 heterocycles. The first-order chi connectivity index (χ1) is 7.66. The van der Waals surface area contributed by atoms with Crippen molar-refractivity contribution in [3.05, 3.63) is 12.2 Å². The van der Waals surface area contributed by atoms with Crippen molar-refractivity contribution in [2.45, 2.75) is 64.7 Å². The van der Waals surface area contributed by atoms with Crippen LogP contribution in [0.1, 0.15) is 64.7 Å². The Morgan fingerprint density at radius 1 is 1.00 bits per heavy atom. The topological polar surface area (TPSA) is 17.1 Å². The predicted octanol–water partition coefficient (Wildman–Crippen LogP) is 4.57. The molecule has 0 atom stereocenters. The van der Waals surface area contributed by atoms with Gasteiger partial charge in [-0.25, -0.2) is 0 Å². The number of hydrogen-bond donors (Lipinski definition) is 1. The molecule has 0 N–H and O–H groups in total. The van der Waals surface area contributed by atoms with E-state index in [1.807, 2.05) is 0 Å². The molecule has 0 bridgehead atoms. The SMILES string of the molecule is C=C(CCCCCCCCCS)CC(C)=O. The van der Waals surface area contributed by atoms with Gasteiger partial charge in [-0.15, -0.1) is 0 Å². The van der Waals surface area contributed by atoms with E-state index in [1.54, 1.807) is 6.92 Å². The van der Waals surface area contributed by atoms with Gasteiger partial charge in [0.2, 0.25) is 0 Å². The normalized spacial score (nSPS) is 10.4. The van der Waals surface area contributed by atoms with E-state index >= 15 is 0 Å². The van der Waals surface area contributed by atoms with E-state index in [0.717, 1.165) is 17.7 Å². The third-order valence-corrected chi connectivity index (χ3v) is 3.00. The van der Waals surface area contributed by atoms with Crippen molar-refractivity contribution in [1.29, 1.82) is 0 Å². The van der Waals surface area contributed by atoms with Crippen LogP contribution in [-0.4, -0.2) is 11.5 Å². The van der Waals surface area contributed by atoms with Gasteiger partial charge >= 0.3 is 0 Å². The minimum atomic E-state index is 0.233. The molecular formula is C14H26OS. The van der Waals surface area contributed by atoms with E-state index in [2.05, 4.69) is 19.2 Å². The lowest BCUT2D eigenvalue weighted by Gasteiger charge is -2.03. The zero-order chi connectivity index (χ0) is 12.2. The van der Waals surface area contributed by atoms with Crippen LogP contribution in [0.25, 0.3) is 0 Å². The zero-order valence-corrected chi connectivity index (χ0v) is 11.5. The van der Waals surface area contributed by atoms with Crippen LogP contribution in [-0.2, 0) is 4.79 Å². The lowest BCUT2D eigenvalue weighted by Crippen LogP contribution is -1.92. The van der Waals surface area contributed by atoms with Crippen LogP contribution in [0.2, 0.25) is 0 Å². The monoisotopic (exact) mass is 242 g/mol. The fraction of sp³-hybridized carbons (Fsp3) is 0.786. The van der Waals surface area contributed by atoms with Crippen LogP contribution in [0, 0.1) is 0 Å². The fourth-order valence-corrected chi connectivity index (χ4v) is 2.03. The first-order valence-corrected chi connectivity index (χ1v) is 7.07. The maximum Gasteiger partial charge on any atom is 0.133 e. The Kier molecular flexibility index (Phi) is 11.1. The Hall–Kier alpha value is -0.240. The van der Waals surface area contributed by atoms with E-state index in [-0.39, 0.29) is 5.78 Å². The molecule has 94 valence electrons. The highest BCUT2D eigenvalue weighted by Gasteiger charge is 1.98. The molecule has 0 aliphatic heterocycles. The largest absolute Gasteiger partial charge is 0.300 e. The number of Topliss-reactive ketones (excluding diaryl/α,β-unsaturated/α-hetero) is 1. The summed E-state index contributed by atoms with van der Waals surface area (Å²) >= 11 is 4.19. The number of unbranched alkanes of at least 4 members (excludes halogenated alkanes) is 6. The molecule has 0 aromatic heterocycles. The molecule has 0 aliphatic rings. The lowest BCUT2D eigenvalue weighted by atomic mass is 10.0. The van der Waals surface area contributed by atoms with E-state index in [9.17, 15) is 4.79 Å². The van der Waals surface area contributed by atoms with Gasteiger partial charge in [0.1, 0.15) is 5.78 Å². The summed E-state index contributed by atoms with van der Waals surface area (Å²) in [6.45, 7) is 5.56. The molecule has 0 unspecified atom stereocenters. The van der Waals surface area contributed by atoms with Crippen LogP contribution in [0.15, 0.2) is 12.2 Å². The number of ketones is 1. The number of carbonyl (C=O) groups is 1. The fourth-order valence-electron chi connectivity index (χ4n) is 1.81. The van der Waals surface area contributed by atoms with Gasteiger partial charge in [-0.05, 0) is 31.9 Å². The van der Waals surface area contributed by atoms with Crippen LogP contribution in [0.4, 0.5) is 0 Å². The first-order valence-electron chi connectivity index (χ1n) is 6.43. The number of allylic oxidation sites excluding steroid dienone is 1. The number of thiol groups is 1. The summed E-state index contributed by atoms with van der Waals surface area (Å²) in [5.41, 5.74) is 1.10. The highest BCUT2D eigenvalue weighted by Crippen LogP contribution is 2.13. The molecule has 0 aliphatic carbocycles. The van der Waals surface area contributed by atoms with Gasteiger partial charge in [-0.2, -0.15) is 12.6 Å². The predicted molar refractivity (Wildman–Crippen MR) is 75.2 cm³/mol. The molecule has 0 spiro atoms. The second-order valence-corrected chi connectivity index (χ2v) is 5.02. The van der Waals surface area contributed by atoms with Gasteiger partial charge in [-0.1, -0.05) is 44.3 Å². The average molecular weight is 242 g/mol. The van der Waals surface area contributed by atoms with Crippen LogP contribution in [0.5, 0.6) is 0 Å². The molecule has 0 fully saturated rings. The molecule has 0 saturated heterocycles. The summed E-state index contributed by atoms with van der Waals surface area (Å²) in [4.78, 5) is 10.8. The molecule has 2 heteroatoms. The zero-order valence-electron chi connectivity index (χ0n) is 10.6. The molecule has 0 rings (SSSR count). The van der Waals surface area contributed by atoms with Crippen molar-refractivity contribution in [3.63, 3.8) is 0 Å². The van der Waals surface area contributed by atoms with Crippen LogP contribution >= 0.6 is 12.6 Å². The standard InChI is InChI=1S/C14H26OS/c1-13(12-14(2)15)10-8-6-4-3-5-7-9-11-16/h16H,1,3-12H2,2H3. The van der Waals surface area contributed by atoms with Gasteiger partial charge in [0, 0.05) is 6.42 Å². The van der Waals surface area contributed by atoms with E-state index in [4.69, 9.17) is 0 Å². The highest BCUT2D eigenvalue weighted by molar-refractivity contribution is 7.80. The van der Waals surface area contributed by atoms with E-state index in [0.29, 0.717) is 6.42 Å². The second kappa shape index (κ2) is 11.3. The Morgan fingerprint density at radius 2 is 1.50 bits per heavy atom. The molecule has 0 saturated carbocycles. The molecule has 0 aromatic carbocycles. The van der Waals surface area contributed by atoms with Gasteiger partial charge in [0.25, 0.3) is 0 Å². The molecule has 0 radical (unpaired) electrons. The van der Waals surface area contributed by atoms with Gasteiger partial charge in [-0.3, -0.25) is 4.79 Å². The molecule has 0 aromatic rings. The molecule has 1 nitrogen and oxygen atoms in total. The number of rotatable bonds is 11. The summed E-state index contributed by atoms with van der Waals surface area (Å²) in [6.07, 6.45) is 10.6. The Bertz CT molecular complexity index is 199. The summed E-state index contributed by atoms with van der Waals surface area (Å²) in [5, 5.41) is 0. The third-order valence-electron chi connectivity index (χ3n) is 2.69. The Balaban J connectivity index is 3.14. The van der Waals surface area contributed by atoms with Crippen LogP contribution < -0.4 is 0 Å². The Labute approximate surface area is 106 Å². The van der Waals surface area contributed by atoms with Crippen molar-refractivity contribution in [2.75, 3.05) is 5.75 Å². The quantitative estimate of drug-likeness (QED) is 0.319. The molecule has 16 heavy (non-hydrogen) atoms. The third kappa shape index (κ3) is 11.8. The van der Waals surface area contributed by atoms with Crippen molar-refractivity contribution >= 4 is 18.4 Å². The summed E-state index contributed by atoms with van der Waals surface area (Å²) < 4.78 is 0. The van der Waals surface area contributed by atoms with Crippen molar-refractivity contribution < 1.29 is 4.79 Å². The minimum absolute atomic E-state index is 0.233. The smallest absolute Gasteiger partial charge is 0.133 e. The van der Waals surface area contributed by atoms with E-state index in [1.165, 1.54) is 44.9 Å².